The third-order valence-corrected chi connectivity index (χ3v) is 5.14. The van der Waals surface area contributed by atoms with Gasteiger partial charge in [-0.15, -0.1) is 10.2 Å². The zero-order valence-corrected chi connectivity index (χ0v) is 15.3. The standard InChI is InChI=1S/C18H12BrFN4S/c19-14-6-4-12(5-7-14)11-25-17-9-8-16-21-22-18(24(16)23-17)13-2-1-3-15(20)10-13/h1-10H,11H2. The second kappa shape index (κ2) is 6.93. The lowest BCUT2D eigenvalue weighted by Crippen LogP contribution is -1.97. The van der Waals surface area contributed by atoms with E-state index in [-0.39, 0.29) is 5.82 Å². The summed E-state index contributed by atoms with van der Waals surface area (Å²) >= 11 is 5.06. The van der Waals surface area contributed by atoms with Gasteiger partial charge in [-0.2, -0.15) is 9.61 Å². The lowest BCUT2D eigenvalue weighted by Gasteiger charge is -2.04. The van der Waals surface area contributed by atoms with Gasteiger partial charge in [0.05, 0.1) is 0 Å². The normalized spacial score (nSPS) is 11.1. The van der Waals surface area contributed by atoms with Gasteiger partial charge in [0.2, 0.25) is 0 Å². The third kappa shape index (κ3) is 3.57. The van der Waals surface area contributed by atoms with Gasteiger partial charge in [-0.25, -0.2) is 4.39 Å². The van der Waals surface area contributed by atoms with Crippen molar-refractivity contribution < 1.29 is 4.39 Å². The molecule has 0 N–H and O–H groups in total. The van der Waals surface area contributed by atoms with E-state index in [4.69, 9.17) is 0 Å². The highest BCUT2D eigenvalue weighted by atomic mass is 79.9. The molecule has 0 aliphatic carbocycles. The lowest BCUT2D eigenvalue weighted by atomic mass is 10.2. The molecule has 4 rings (SSSR count). The number of hydrogen-bond donors (Lipinski definition) is 0. The summed E-state index contributed by atoms with van der Waals surface area (Å²) in [5.41, 5.74) is 2.49. The Hall–Kier alpha value is -2.25. The van der Waals surface area contributed by atoms with Crippen LogP contribution >= 0.6 is 27.7 Å². The molecule has 0 saturated carbocycles. The average Bonchev–Trinajstić information content (AvgIpc) is 3.04. The van der Waals surface area contributed by atoms with Gasteiger partial charge >= 0.3 is 0 Å². The number of hydrogen-bond acceptors (Lipinski definition) is 4. The van der Waals surface area contributed by atoms with Gasteiger partial charge in [0.25, 0.3) is 0 Å². The smallest absolute Gasteiger partial charge is 0.185 e. The van der Waals surface area contributed by atoms with Crippen LogP contribution in [0.2, 0.25) is 0 Å². The molecular formula is C18H12BrFN4S. The van der Waals surface area contributed by atoms with E-state index in [9.17, 15) is 4.39 Å². The molecular weight excluding hydrogens is 403 g/mol. The SMILES string of the molecule is Fc1cccc(-c2nnc3ccc(SCc4ccc(Br)cc4)nn23)c1. The second-order valence-electron chi connectivity index (χ2n) is 5.39. The van der Waals surface area contributed by atoms with Crippen LogP contribution in [0.1, 0.15) is 5.56 Å². The van der Waals surface area contributed by atoms with Gasteiger partial charge in [-0.1, -0.05) is 52.0 Å². The molecule has 0 spiro atoms. The van der Waals surface area contributed by atoms with Crippen molar-refractivity contribution >= 4 is 33.3 Å². The fraction of sp³-hybridized carbons (Fsp3) is 0.0556. The van der Waals surface area contributed by atoms with Gasteiger partial charge < -0.3 is 0 Å². The minimum atomic E-state index is -0.310. The van der Waals surface area contributed by atoms with E-state index in [1.807, 2.05) is 24.3 Å². The van der Waals surface area contributed by atoms with Crippen LogP contribution in [0.3, 0.4) is 0 Å². The molecule has 0 saturated heterocycles. The van der Waals surface area contributed by atoms with Crippen molar-refractivity contribution in [3.63, 3.8) is 0 Å². The van der Waals surface area contributed by atoms with Crippen LogP contribution in [-0.4, -0.2) is 19.8 Å². The van der Waals surface area contributed by atoms with E-state index in [0.29, 0.717) is 17.0 Å². The number of halogens is 2. The van der Waals surface area contributed by atoms with E-state index < -0.39 is 0 Å². The first-order chi connectivity index (χ1) is 12.2. The Balaban J connectivity index is 1.63. The van der Waals surface area contributed by atoms with Crippen LogP contribution in [0.5, 0.6) is 0 Å². The maximum atomic E-state index is 13.5. The van der Waals surface area contributed by atoms with E-state index >= 15 is 0 Å². The second-order valence-corrected chi connectivity index (χ2v) is 7.30. The molecule has 2 aromatic carbocycles. The summed E-state index contributed by atoms with van der Waals surface area (Å²) in [5.74, 6) is 1.03. The van der Waals surface area contributed by atoms with Crippen molar-refractivity contribution in [2.45, 2.75) is 10.8 Å². The van der Waals surface area contributed by atoms with Crippen molar-refractivity contribution in [3.8, 4) is 11.4 Å². The number of fused-ring (bicyclic) bond motifs is 1. The molecule has 0 bridgehead atoms. The molecule has 0 fully saturated rings. The summed E-state index contributed by atoms with van der Waals surface area (Å²) in [6.07, 6.45) is 0. The predicted molar refractivity (Wildman–Crippen MR) is 99.9 cm³/mol. The zero-order chi connectivity index (χ0) is 17.2. The van der Waals surface area contributed by atoms with Crippen LogP contribution in [0, 0.1) is 5.82 Å². The highest BCUT2D eigenvalue weighted by Crippen LogP contribution is 2.24. The molecule has 0 aliphatic rings. The molecule has 0 unspecified atom stereocenters. The van der Waals surface area contributed by atoms with Crippen LogP contribution in [0.4, 0.5) is 4.39 Å². The minimum absolute atomic E-state index is 0.310. The Morgan fingerprint density at radius 2 is 1.84 bits per heavy atom. The van der Waals surface area contributed by atoms with Gasteiger partial charge in [0.15, 0.2) is 11.5 Å². The zero-order valence-electron chi connectivity index (χ0n) is 12.9. The maximum Gasteiger partial charge on any atom is 0.185 e. The molecule has 0 atom stereocenters. The van der Waals surface area contributed by atoms with Crippen molar-refractivity contribution in [2.75, 3.05) is 0 Å². The Bertz CT molecular complexity index is 1030. The first-order valence-electron chi connectivity index (χ1n) is 7.55. The number of benzene rings is 2. The number of aromatic nitrogens is 4. The van der Waals surface area contributed by atoms with Gasteiger partial charge in [-0.3, -0.25) is 0 Å². The minimum Gasteiger partial charge on any atom is -0.207 e. The van der Waals surface area contributed by atoms with Crippen molar-refractivity contribution in [1.29, 1.82) is 0 Å². The topological polar surface area (TPSA) is 43.1 Å². The first kappa shape index (κ1) is 16.2. The molecule has 2 aromatic heterocycles. The number of nitrogens with zero attached hydrogens (tertiary/aromatic N) is 4. The summed E-state index contributed by atoms with van der Waals surface area (Å²) in [7, 11) is 0. The molecule has 4 aromatic rings. The molecule has 25 heavy (non-hydrogen) atoms. The maximum absolute atomic E-state index is 13.5. The molecule has 0 radical (unpaired) electrons. The molecule has 2 heterocycles. The predicted octanol–water partition coefficient (Wildman–Crippen LogP) is 4.99. The monoisotopic (exact) mass is 414 g/mol. The average molecular weight is 415 g/mol. The molecule has 0 aliphatic heterocycles. The Morgan fingerprint density at radius 1 is 1.00 bits per heavy atom. The summed E-state index contributed by atoms with van der Waals surface area (Å²) in [6.45, 7) is 0. The van der Waals surface area contributed by atoms with E-state index in [1.54, 1.807) is 28.4 Å². The summed E-state index contributed by atoms with van der Waals surface area (Å²) in [5, 5.41) is 13.7. The Labute approximate surface area is 156 Å². The Morgan fingerprint density at radius 3 is 2.64 bits per heavy atom. The largest absolute Gasteiger partial charge is 0.207 e. The lowest BCUT2D eigenvalue weighted by molar-refractivity contribution is 0.628. The molecule has 4 nitrogen and oxygen atoms in total. The number of thioether (sulfide) groups is 1. The van der Waals surface area contributed by atoms with Crippen molar-refractivity contribution in [2.24, 2.45) is 0 Å². The Kier molecular flexibility index (Phi) is 4.50. The van der Waals surface area contributed by atoms with E-state index in [0.717, 1.165) is 15.3 Å². The first-order valence-corrected chi connectivity index (χ1v) is 9.32. The highest BCUT2D eigenvalue weighted by molar-refractivity contribution is 9.10. The van der Waals surface area contributed by atoms with Crippen LogP contribution in [0.15, 0.2) is 70.2 Å². The van der Waals surface area contributed by atoms with Crippen LogP contribution < -0.4 is 0 Å². The van der Waals surface area contributed by atoms with Crippen molar-refractivity contribution in [1.82, 2.24) is 19.8 Å². The van der Waals surface area contributed by atoms with Gasteiger partial charge in [-0.05, 0) is 42.0 Å². The summed E-state index contributed by atoms with van der Waals surface area (Å²) in [6, 6.07) is 18.3. The van der Waals surface area contributed by atoms with Crippen LogP contribution in [-0.2, 0) is 5.75 Å². The summed E-state index contributed by atoms with van der Waals surface area (Å²) in [4.78, 5) is 0. The molecule has 0 amide bonds. The van der Waals surface area contributed by atoms with Crippen LogP contribution in [0.25, 0.3) is 17.0 Å². The fourth-order valence-corrected chi connectivity index (χ4v) is 3.47. The van der Waals surface area contributed by atoms with E-state index in [2.05, 4.69) is 43.4 Å². The highest BCUT2D eigenvalue weighted by Gasteiger charge is 2.11. The third-order valence-electron chi connectivity index (χ3n) is 3.62. The molecule has 124 valence electrons. The summed E-state index contributed by atoms with van der Waals surface area (Å²) < 4.78 is 16.2. The molecule has 7 heteroatoms. The quantitative estimate of drug-likeness (QED) is 0.441. The number of rotatable bonds is 4. The fourth-order valence-electron chi connectivity index (χ4n) is 2.39. The van der Waals surface area contributed by atoms with Crippen molar-refractivity contribution in [3.05, 3.63) is 76.5 Å². The van der Waals surface area contributed by atoms with E-state index in [1.165, 1.54) is 17.7 Å². The van der Waals surface area contributed by atoms with Gasteiger partial charge in [0.1, 0.15) is 10.8 Å². The van der Waals surface area contributed by atoms with Gasteiger partial charge in [0, 0.05) is 15.8 Å².